The van der Waals surface area contributed by atoms with Crippen molar-refractivity contribution in [3.63, 3.8) is 0 Å². The van der Waals surface area contributed by atoms with Crippen LogP contribution in [0.3, 0.4) is 0 Å². The van der Waals surface area contributed by atoms with Gasteiger partial charge in [0.25, 0.3) is 0 Å². The minimum Gasteiger partial charge on any atom is -0.394 e. The molecule has 1 atom stereocenters. The topological polar surface area (TPSA) is 32.7 Å². The molecule has 2 rings (SSSR count). The van der Waals surface area contributed by atoms with E-state index in [0.717, 1.165) is 19.0 Å². The molecule has 3 nitrogen and oxygen atoms in total. The molecule has 88 valence electrons. The van der Waals surface area contributed by atoms with Crippen molar-refractivity contribution in [2.75, 3.05) is 26.2 Å². The van der Waals surface area contributed by atoms with Gasteiger partial charge in [-0.05, 0) is 32.6 Å². The molecule has 1 unspecified atom stereocenters. The highest BCUT2D eigenvalue weighted by Crippen LogP contribution is 2.29. The van der Waals surface area contributed by atoms with Crippen molar-refractivity contribution in [3.05, 3.63) is 0 Å². The third-order valence-corrected chi connectivity index (χ3v) is 3.50. The second-order valence-electron chi connectivity index (χ2n) is 5.67. The maximum Gasteiger partial charge on any atom is 0.0940 e. The maximum atomic E-state index is 9.19. The molecule has 1 N–H and O–H groups in total. The summed E-state index contributed by atoms with van der Waals surface area (Å²) in [6.45, 7) is 7.47. The molecular weight excluding hydrogens is 190 g/mol. The Morgan fingerprint density at radius 1 is 1.40 bits per heavy atom. The van der Waals surface area contributed by atoms with Gasteiger partial charge in [0.05, 0.1) is 18.3 Å². The summed E-state index contributed by atoms with van der Waals surface area (Å²) in [7, 11) is 0. The van der Waals surface area contributed by atoms with Crippen LogP contribution in [0.1, 0.15) is 33.1 Å². The van der Waals surface area contributed by atoms with Crippen molar-refractivity contribution in [3.8, 4) is 0 Å². The highest BCUT2D eigenvalue weighted by Gasteiger charge is 2.34. The highest BCUT2D eigenvalue weighted by atomic mass is 16.5. The van der Waals surface area contributed by atoms with Crippen molar-refractivity contribution < 1.29 is 9.84 Å². The lowest BCUT2D eigenvalue weighted by Gasteiger charge is -2.44. The van der Waals surface area contributed by atoms with E-state index in [1.807, 2.05) is 0 Å². The molecule has 3 heteroatoms. The number of aliphatic hydroxyl groups excluding tert-OH is 1. The fourth-order valence-electron chi connectivity index (χ4n) is 2.69. The Hall–Kier alpha value is -0.120. The zero-order valence-electron chi connectivity index (χ0n) is 9.91. The summed E-state index contributed by atoms with van der Waals surface area (Å²) in [4.78, 5) is 2.47. The van der Waals surface area contributed by atoms with Crippen LogP contribution in [0.5, 0.6) is 0 Å². The van der Waals surface area contributed by atoms with E-state index in [2.05, 4.69) is 18.7 Å². The van der Waals surface area contributed by atoms with Crippen molar-refractivity contribution in [2.45, 2.75) is 44.8 Å². The summed E-state index contributed by atoms with van der Waals surface area (Å²) in [5, 5.41) is 9.19. The smallest absolute Gasteiger partial charge is 0.0940 e. The van der Waals surface area contributed by atoms with Gasteiger partial charge >= 0.3 is 0 Å². The summed E-state index contributed by atoms with van der Waals surface area (Å²) >= 11 is 0. The first-order valence-corrected chi connectivity index (χ1v) is 6.10. The average molecular weight is 213 g/mol. The van der Waals surface area contributed by atoms with E-state index in [4.69, 9.17) is 4.74 Å². The molecule has 0 amide bonds. The van der Waals surface area contributed by atoms with Crippen LogP contribution in [0.15, 0.2) is 0 Å². The van der Waals surface area contributed by atoms with E-state index in [1.54, 1.807) is 0 Å². The van der Waals surface area contributed by atoms with E-state index >= 15 is 0 Å². The number of rotatable bonds is 3. The summed E-state index contributed by atoms with van der Waals surface area (Å²) in [5.41, 5.74) is -0.102. The molecule has 1 aliphatic heterocycles. The van der Waals surface area contributed by atoms with Crippen molar-refractivity contribution >= 4 is 0 Å². The molecule has 0 radical (unpaired) electrons. The Kier molecular flexibility index (Phi) is 3.33. The van der Waals surface area contributed by atoms with Gasteiger partial charge in [0.2, 0.25) is 0 Å². The summed E-state index contributed by atoms with van der Waals surface area (Å²) < 4.78 is 5.79. The normalized spacial score (nSPS) is 32.6. The standard InChI is InChI=1S/C12H23NO2/c1-12(2)9-13(6-10-4-3-5-10)7-11(8-14)15-12/h10-11,14H,3-9H2,1-2H3. The lowest BCUT2D eigenvalue weighted by molar-refractivity contribution is -0.152. The van der Waals surface area contributed by atoms with Crippen LogP contribution < -0.4 is 0 Å². The third-order valence-electron chi connectivity index (χ3n) is 3.50. The molecule has 1 aliphatic carbocycles. The summed E-state index contributed by atoms with van der Waals surface area (Å²) in [6, 6.07) is 0. The van der Waals surface area contributed by atoms with E-state index in [-0.39, 0.29) is 18.3 Å². The van der Waals surface area contributed by atoms with Gasteiger partial charge in [-0.25, -0.2) is 0 Å². The van der Waals surface area contributed by atoms with Gasteiger partial charge in [0.15, 0.2) is 0 Å². The SMILES string of the molecule is CC1(C)CN(CC2CCC2)CC(CO)O1. The van der Waals surface area contributed by atoms with Gasteiger partial charge in [0.1, 0.15) is 0 Å². The zero-order valence-corrected chi connectivity index (χ0v) is 9.91. The Morgan fingerprint density at radius 2 is 2.13 bits per heavy atom. The van der Waals surface area contributed by atoms with Gasteiger partial charge in [0, 0.05) is 19.6 Å². The first-order valence-electron chi connectivity index (χ1n) is 6.10. The molecule has 0 aromatic heterocycles. The van der Waals surface area contributed by atoms with Crippen LogP contribution in [0.4, 0.5) is 0 Å². The lowest BCUT2D eigenvalue weighted by atomic mass is 9.84. The fraction of sp³-hybridized carbons (Fsp3) is 1.00. The van der Waals surface area contributed by atoms with Crippen LogP contribution in [0.25, 0.3) is 0 Å². The second-order valence-corrected chi connectivity index (χ2v) is 5.67. The Bertz CT molecular complexity index is 212. The van der Waals surface area contributed by atoms with Crippen molar-refractivity contribution in [2.24, 2.45) is 5.92 Å². The predicted octanol–water partition coefficient (Wildman–Crippen LogP) is 1.26. The van der Waals surface area contributed by atoms with Crippen LogP contribution >= 0.6 is 0 Å². The molecule has 0 bridgehead atoms. The number of hydrogen-bond donors (Lipinski definition) is 1. The third kappa shape index (κ3) is 2.92. The van der Waals surface area contributed by atoms with E-state index in [1.165, 1.54) is 25.8 Å². The summed E-state index contributed by atoms with van der Waals surface area (Å²) in [5.74, 6) is 0.901. The molecule has 1 saturated carbocycles. The largest absolute Gasteiger partial charge is 0.394 e. The Labute approximate surface area is 92.4 Å². The second kappa shape index (κ2) is 4.40. The molecule has 2 aliphatic rings. The lowest BCUT2D eigenvalue weighted by Crippen LogP contribution is -2.55. The monoisotopic (exact) mass is 213 g/mol. The van der Waals surface area contributed by atoms with Crippen molar-refractivity contribution in [1.82, 2.24) is 4.90 Å². The van der Waals surface area contributed by atoms with E-state index in [0.29, 0.717) is 0 Å². The van der Waals surface area contributed by atoms with Gasteiger partial charge in [-0.1, -0.05) is 6.42 Å². The molecular formula is C12H23NO2. The fourth-order valence-corrected chi connectivity index (χ4v) is 2.69. The van der Waals surface area contributed by atoms with E-state index in [9.17, 15) is 5.11 Å². The van der Waals surface area contributed by atoms with Gasteiger partial charge in [-0.3, -0.25) is 4.90 Å². The number of nitrogens with zero attached hydrogens (tertiary/aromatic N) is 1. The molecule has 0 spiro atoms. The molecule has 1 saturated heterocycles. The molecule has 2 fully saturated rings. The van der Waals surface area contributed by atoms with Crippen LogP contribution in [-0.2, 0) is 4.74 Å². The number of hydrogen-bond acceptors (Lipinski definition) is 3. The highest BCUT2D eigenvalue weighted by molar-refractivity contribution is 4.86. The minimum atomic E-state index is -0.102. The Morgan fingerprint density at radius 3 is 2.67 bits per heavy atom. The summed E-state index contributed by atoms with van der Waals surface area (Å²) in [6.07, 6.45) is 4.19. The first-order chi connectivity index (χ1) is 7.09. The quantitative estimate of drug-likeness (QED) is 0.766. The molecule has 15 heavy (non-hydrogen) atoms. The minimum absolute atomic E-state index is 0.00817. The maximum absolute atomic E-state index is 9.19. The first kappa shape index (κ1) is 11.4. The molecule has 0 aromatic carbocycles. The number of ether oxygens (including phenoxy) is 1. The van der Waals surface area contributed by atoms with E-state index < -0.39 is 0 Å². The van der Waals surface area contributed by atoms with Crippen molar-refractivity contribution in [1.29, 1.82) is 0 Å². The van der Waals surface area contributed by atoms with Crippen LogP contribution in [0.2, 0.25) is 0 Å². The van der Waals surface area contributed by atoms with Gasteiger partial charge in [-0.15, -0.1) is 0 Å². The zero-order chi connectivity index (χ0) is 10.9. The number of morpholine rings is 1. The molecule has 0 aromatic rings. The number of aliphatic hydroxyl groups is 1. The molecule has 1 heterocycles. The Balaban J connectivity index is 1.87. The predicted molar refractivity (Wildman–Crippen MR) is 59.8 cm³/mol. The average Bonchev–Trinajstić information content (AvgIpc) is 2.09. The van der Waals surface area contributed by atoms with Gasteiger partial charge in [-0.2, -0.15) is 0 Å². The van der Waals surface area contributed by atoms with Gasteiger partial charge < -0.3 is 9.84 Å². The van der Waals surface area contributed by atoms with Crippen LogP contribution in [-0.4, -0.2) is 48.0 Å². The van der Waals surface area contributed by atoms with Crippen LogP contribution in [0, 0.1) is 5.92 Å².